The van der Waals surface area contributed by atoms with Crippen molar-refractivity contribution < 1.29 is 9.47 Å². The minimum atomic E-state index is 0. The minimum absolute atomic E-state index is 0. The third-order valence-corrected chi connectivity index (χ3v) is 5.86. The molecule has 2 atom stereocenters. The number of methoxy groups -OCH3 is 2. The highest BCUT2D eigenvalue weighted by molar-refractivity contribution is 14.0. The van der Waals surface area contributed by atoms with Gasteiger partial charge in [-0.25, -0.2) is 0 Å². The number of nitrogens with one attached hydrogen (secondary N) is 1. The van der Waals surface area contributed by atoms with E-state index in [2.05, 4.69) is 27.3 Å². The normalized spacial score (nSPS) is 22.0. The molecule has 0 spiro atoms. The van der Waals surface area contributed by atoms with Gasteiger partial charge in [0.2, 0.25) is 0 Å². The van der Waals surface area contributed by atoms with Crippen LogP contribution in [0.1, 0.15) is 37.7 Å². The van der Waals surface area contributed by atoms with E-state index in [1.165, 1.54) is 44.3 Å². The number of benzene rings is 1. The number of hydrogen-bond acceptors (Lipinski definition) is 3. The predicted octanol–water partition coefficient (Wildman–Crippen LogP) is 3.95. The van der Waals surface area contributed by atoms with E-state index in [1.54, 1.807) is 14.2 Å². The zero-order valence-electron chi connectivity index (χ0n) is 16.9. The van der Waals surface area contributed by atoms with E-state index in [-0.39, 0.29) is 24.0 Å². The fourth-order valence-corrected chi connectivity index (χ4v) is 4.44. The van der Waals surface area contributed by atoms with Crippen LogP contribution in [0.4, 0.5) is 0 Å². The lowest BCUT2D eigenvalue weighted by Crippen LogP contribution is -2.40. The van der Waals surface area contributed by atoms with Crippen LogP contribution in [0, 0.1) is 11.8 Å². The highest BCUT2D eigenvalue weighted by atomic mass is 127. The van der Waals surface area contributed by atoms with Gasteiger partial charge in [0.15, 0.2) is 17.5 Å². The first-order valence-electron chi connectivity index (χ1n) is 9.91. The van der Waals surface area contributed by atoms with Crippen LogP contribution in [0.15, 0.2) is 23.2 Å². The molecule has 0 aromatic heterocycles. The van der Waals surface area contributed by atoms with Gasteiger partial charge in [0.25, 0.3) is 0 Å². The third-order valence-electron chi connectivity index (χ3n) is 5.86. The van der Waals surface area contributed by atoms with Crippen LogP contribution in [-0.2, 0) is 6.42 Å². The second-order valence-electron chi connectivity index (χ2n) is 7.48. The average Bonchev–Trinajstić information content (AvgIpc) is 3.11. The van der Waals surface area contributed by atoms with Gasteiger partial charge in [0.05, 0.1) is 14.2 Å². The summed E-state index contributed by atoms with van der Waals surface area (Å²) in [5.74, 6) is 4.42. The van der Waals surface area contributed by atoms with Gasteiger partial charge < -0.3 is 19.7 Å². The Morgan fingerprint density at radius 2 is 1.78 bits per heavy atom. The summed E-state index contributed by atoms with van der Waals surface area (Å²) in [6.07, 6.45) is 7.69. The molecular formula is C21H34IN3O2. The van der Waals surface area contributed by atoms with Crippen molar-refractivity contribution in [3.05, 3.63) is 23.8 Å². The molecule has 3 rings (SSSR count). The maximum Gasteiger partial charge on any atom is 0.193 e. The number of guanidine groups is 1. The highest BCUT2D eigenvalue weighted by Gasteiger charge is 2.35. The Labute approximate surface area is 180 Å². The number of likely N-dealkylation sites (tertiary alicyclic amines) is 1. The van der Waals surface area contributed by atoms with Crippen molar-refractivity contribution in [1.82, 2.24) is 10.2 Å². The third kappa shape index (κ3) is 5.65. The summed E-state index contributed by atoms with van der Waals surface area (Å²) in [4.78, 5) is 6.99. The standard InChI is InChI=1S/C21H33N3O2.HI/c1-22-21(24-14-17-8-4-5-9-18(17)15-24)23-12-6-7-16-10-11-19(25-2)20(13-16)26-3;/h10-11,13,17-18H,4-9,12,14-15H2,1-3H3,(H,22,23);1H. The first-order valence-corrected chi connectivity index (χ1v) is 9.91. The van der Waals surface area contributed by atoms with E-state index in [4.69, 9.17) is 9.47 Å². The van der Waals surface area contributed by atoms with Crippen molar-refractivity contribution in [2.45, 2.75) is 38.5 Å². The summed E-state index contributed by atoms with van der Waals surface area (Å²) in [5, 5.41) is 3.56. The number of rotatable bonds is 6. The largest absolute Gasteiger partial charge is 0.493 e. The first kappa shape index (κ1) is 22.1. The van der Waals surface area contributed by atoms with Gasteiger partial charge in [-0.1, -0.05) is 18.9 Å². The van der Waals surface area contributed by atoms with Crippen LogP contribution >= 0.6 is 24.0 Å². The van der Waals surface area contributed by atoms with Crippen LogP contribution in [0.3, 0.4) is 0 Å². The van der Waals surface area contributed by atoms with E-state index in [9.17, 15) is 0 Å². The number of nitrogens with zero attached hydrogens (tertiary/aromatic N) is 2. The molecule has 2 aliphatic rings. The molecule has 6 heteroatoms. The molecule has 1 aromatic carbocycles. The monoisotopic (exact) mass is 487 g/mol. The Hall–Kier alpha value is -1.18. The first-order chi connectivity index (χ1) is 12.7. The van der Waals surface area contributed by atoms with Gasteiger partial charge in [0, 0.05) is 26.7 Å². The minimum Gasteiger partial charge on any atom is -0.493 e. The molecule has 1 aliphatic heterocycles. The molecule has 1 N–H and O–H groups in total. The highest BCUT2D eigenvalue weighted by Crippen LogP contribution is 2.36. The van der Waals surface area contributed by atoms with Crippen molar-refractivity contribution in [3.8, 4) is 11.5 Å². The number of ether oxygens (including phenoxy) is 2. The van der Waals surface area contributed by atoms with Crippen molar-refractivity contribution >= 4 is 29.9 Å². The molecule has 1 saturated heterocycles. The van der Waals surface area contributed by atoms with E-state index in [0.717, 1.165) is 48.7 Å². The molecule has 2 fully saturated rings. The predicted molar refractivity (Wildman–Crippen MR) is 122 cm³/mol. The summed E-state index contributed by atoms with van der Waals surface area (Å²) in [7, 11) is 5.25. The second kappa shape index (κ2) is 11.0. The number of aryl methyl sites for hydroxylation is 1. The molecule has 1 heterocycles. The van der Waals surface area contributed by atoms with Gasteiger partial charge in [0.1, 0.15) is 0 Å². The van der Waals surface area contributed by atoms with Crippen molar-refractivity contribution in [3.63, 3.8) is 0 Å². The molecule has 0 bridgehead atoms. The fourth-order valence-electron chi connectivity index (χ4n) is 4.44. The van der Waals surface area contributed by atoms with Gasteiger partial charge in [-0.2, -0.15) is 0 Å². The lowest BCUT2D eigenvalue weighted by Gasteiger charge is -2.22. The van der Waals surface area contributed by atoms with E-state index in [0.29, 0.717) is 0 Å². The zero-order valence-corrected chi connectivity index (χ0v) is 19.2. The van der Waals surface area contributed by atoms with Crippen molar-refractivity contribution in [2.75, 3.05) is 40.9 Å². The molecule has 1 saturated carbocycles. The van der Waals surface area contributed by atoms with Gasteiger partial charge >= 0.3 is 0 Å². The molecule has 2 unspecified atom stereocenters. The smallest absolute Gasteiger partial charge is 0.193 e. The molecular weight excluding hydrogens is 453 g/mol. The van der Waals surface area contributed by atoms with Gasteiger partial charge in [-0.15, -0.1) is 24.0 Å². The fraction of sp³-hybridized carbons (Fsp3) is 0.667. The van der Waals surface area contributed by atoms with Gasteiger partial charge in [-0.05, 0) is 55.2 Å². The van der Waals surface area contributed by atoms with Crippen LogP contribution in [0.2, 0.25) is 0 Å². The second-order valence-corrected chi connectivity index (χ2v) is 7.48. The Balaban J connectivity index is 0.00000261. The molecule has 27 heavy (non-hydrogen) atoms. The van der Waals surface area contributed by atoms with E-state index < -0.39 is 0 Å². The SMILES string of the molecule is CN=C(NCCCc1ccc(OC)c(OC)c1)N1CC2CCCCC2C1.I. The quantitative estimate of drug-likeness (QED) is 0.286. The van der Waals surface area contributed by atoms with E-state index in [1.807, 2.05) is 13.1 Å². The van der Waals surface area contributed by atoms with Crippen molar-refractivity contribution in [2.24, 2.45) is 16.8 Å². The maximum atomic E-state index is 5.39. The van der Waals surface area contributed by atoms with Crippen LogP contribution < -0.4 is 14.8 Å². The lowest BCUT2D eigenvalue weighted by molar-refractivity contribution is 0.299. The Morgan fingerprint density at radius 1 is 1.11 bits per heavy atom. The van der Waals surface area contributed by atoms with Crippen LogP contribution in [-0.4, -0.2) is 51.8 Å². The van der Waals surface area contributed by atoms with Crippen LogP contribution in [0.5, 0.6) is 11.5 Å². The molecule has 0 amide bonds. The molecule has 1 aliphatic carbocycles. The number of aliphatic imine (C=N–C) groups is 1. The molecule has 1 aromatic rings. The zero-order chi connectivity index (χ0) is 18.4. The molecule has 5 nitrogen and oxygen atoms in total. The number of fused-ring (bicyclic) bond motifs is 1. The Morgan fingerprint density at radius 3 is 2.37 bits per heavy atom. The molecule has 0 radical (unpaired) electrons. The van der Waals surface area contributed by atoms with Gasteiger partial charge in [-0.3, -0.25) is 4.99 Å². The summed E-state index contributed by atoms with van der Waals surface area (Å²) in [6, 6.07) is 6.16. The average molecular weight is 487 g/mol. The summed E-state index contributed by atoms with van der Waals surface area (Å²) in [6.45, 7) is 3.30. The number of halogens is 1. The summed E-state index contributed by atoms with van der Waals surface area (Å²) < 4.78 is 10.7. The van der Waals surface area contributed by atoms with Crippen LogP contribution in [0.25, 0.3) is 0 Å². The summed E-state index contributed by atoms with van der Waals surface area (Å²) in [5.41, 5.74) is 1.27. The molecule has 152 valence electrons. The Bertz CT molecular complexity index is 609. The Kier molecular flexibility index (Phi) is 8.99. The van der Waals surface area contributed by atoms with Crippen molar-refractivity contribution in [1.29, 1.82) is 0 Å². The van der Waals surface area contributed by atoms with E-state index >= 15 is 0 Å². The maximum absolute atomic E-state index is 5.39. The number of hydrogen-bond donors (Lipinski definition) is 1. The summed E-state index contributed by atoms with van der Waals surface area (Å²) >= 11 is 0. The lowest BCUT2D eigenvalue weighted by atomic mass is 9.82. The topological polar surface area (TPSA) is 46.1 Å².